The first-order chi connectivity index (χ1) is 25.1. The molecule has 0 aromatic heterocycles. The van der Waals surface area contributed by atoms with Crippen molar-refractivity contribution in [2.75, 3.05) is 0 Å². The lowest BCUT2D eigenvalue weighted by molar-refractivity contribution is 0.315. The van der Waals surface area contributed by atoms with Crippen LogP contribution in [0.2, 0.25) is 0 Å². The van der Waals surface area contributed by atoms with Crippen LogP contribution >= 0.6 is 0 Å². The maximum absolute atomic E-state index is 15.3. The van der Waals surface area contributed by atoms with Crippen molar-refractivity contribution in [2.24, 2.45) is 35.5 Å². The van der Waals surface area contributed by atoms with E-state index < -0.39 is 20.2 Å². The van der Waals surface area contributed by atoms with Crippen molar-refractivity contribution in [2.45, 2.75) is 174 Å². The Morgan fingerprint density at radius 1 is 0.481 bits per heavy atom. The maximum Gasteiger partial charge on any atom is 0.339 e. The Hall–Kier alpha value is -1.90. The van der Waals surface area contributed by atoms with Gasteiger partial charge < -0.3 is 4.18 Å². The SMILES string of the molecule is O=S(=O)(O)c1c(C2CCCC2)cc(OS(=O)(=O)c2c(C3CC4CCC(C4)C3)cc(C3CC4CCC3C4)cc2C2CC3CCC2C3)cc1C1CCCC1. The highest BCUT2D eigenvalue weighted by atomic mass is 32.2. The Bertz CT molecular complexity index is 1890. The van der Waals surface area contributed by atoms with Gasteiger partial charge in [-0.05, 0) is 189 Å². The fourth-order valence-corrected chi connectivity index (χ4v) is 16.6. The van der Waals surface area contributed by atoms with E-state index in [0.29, 0.717) is 45.6 Å². The lowest BCUT2D eigenvalue weighted by Crippen LogP contribution is -2.24. The molecule has 0 radical (unpaired) electrons. The van der Waals surface area contributed by atoms with Crippen LogP contribution in [0.4, 0.5) is 0 Å². The van der Waals surface area contributed by atoms with Crippen LogP contribution < -0.4 is 4.18 Å². The first-order valence-electron chi connectivity index (χ1n) is 21.3. The van der Waals surface area contributed by atoms with Crippen molar-refractivity contribution in [3.63, 3.8) is 0 Å². The Morgan fingerprint density at radius 2 is 0.962 bits per heavy atom. The van der Waals surface area contributed by atoms with E-state index in [4.69, 9.17) is 4.18 Å². The molecule has 6 bridgehead atoms. The second kappa shape index (κ2) is 13.1. The predicted molar refractivity (Wildman–Crippen MR) is 202 cm³/mol. The zero-order chi connectivity index (χ0) is 35.4. The van der Waals surface area contributed by atoms with E-state index in [9.17, 15) is 13.0 Å². The summed E-state index contributed by atoms with van der Waals surface area (Å²) < 4.78 is 74.1. The first kappa shape index (κ1) is 34.6. The van der Waals surface area contributed by atoms with Gasteiger partial charge in [-0.3, -0.25) is 4.55 Å². The van der Waals surface area contributed by atoms with Crippen LogP contribution in [0, 0.1) is 35.5 Å². The third-order valence-corrected chi connectivity index (χ3v) is 18.6. The van der Waals surface area contributed by atoms with E-state index in [1.165, 1.54) is 69.8 Å². The highest BCUT2D eigenvalue weighted by molar-refractivity contribution is 7.87. The summed E-state index contributed by atoms with van der Waals surface area (Å²) in [5, 5.41) is 0. The van der Waals surface area contributed by atoms with Crippen LogP contribution in [0.15, 0.2) is 34.1 Å². The molecule has 8 heteroatoms. The molecule has 8 atom stereocenters. The van der Waals surface area contributed by atoms with E-state index in [2.05, 4.69) is 12.1 Å². The van der Waals surface area contributed by atoms with Crippen molar-refractivity contribution in [1.82, 2.24) is 0 Å². The molecule has 8 aliphatic carbocycles. The Balaban J connectivity index is 1.13. The van der Waals surface area contributed by atoms with Crippen molar-refractivity contribution in [3.05, 3.63) is 52.1 Å². The van der Waals surface area contributed by atoms with Gasteiger partial charge in [0.25, 0.3) is 10.1 Å². The number of hydrogen-bond acceptors (Lipinski definition) is 5. The highest BCUT2D eigenvalue weighted by Crippen LogP contribution is 2.59. The molecule has 282 valence electrons. The van der Waals surface area contributed by atoms with Crippen LogP contribution in [0.25, 0.3) is 0 Å². The van der Waals surface area contributed by atoms with Gasteiger partial charge in [-0.1, -0.05) is 63.5 Å². The molecule has 6 nitrogen and oxygen atoms in total. The molecule has 0 amide bonds. The molecule has 0 saturated heterocycles. The summed E-state index contributed by atoms with van der Waals surface area (Å²) in [5.41, 5.74) is 4.59. The van der Waals surface area contributed by atoms with Gasteiger partial charge >= 0.3 is 10.1 Å². The van der Waals surface area contributed by atoms with Gasteiger partial charge in [0.1, 0.15) is 15.5 Å². The summed E-state index contributed by atoms with van der Waals surface area (Å²) in [6.07, 6.45) is 23.2. The van der Waals surface area contributed by atoms with E-state index in [-0.39, 0.29) is 34.3 Å². The van der Waals surface area contributed by atoms with Crippen LogP contribution in [-0.2, 0) is 20.2 Å². The summed E-state index contributed by atoms with van der Waals surface area (Å²) in [5.74, 6) is 5.24. The number of hydrogen-bond donors (Lipinski definition) is 1. The topological polar surface area (TPSA) is 97.7 Å². The van der Waals surface area contributed by atoms with E-state index in [0.717, 1.165) is 93.6 Å². The molecule has 0 heterocycles. The van der Waals surface area contributed by atoms with E-state index >= 15 is 8.42 Å². The first-order valence-corrected chi connectivity index (χ1v) is 24.2. The minimum atomic E-state index is -4.52. The molecule has 1 N–H and O–H groups in total. The van der Waals surface area contributed by atoms with Crippen LogP contribution in [0.3, 0.4) is 0 Å². The fraction of sp³-hybridized carbons (Fsp3) is 0.727. The second-order valence-electron chi connectivity index (χ2n) is 19.2. The van der Waals surface area contributed by atoms with Crippen molar-refractivity contribution in [1.29, 1.82) is 0 Å². The Kier molecular flexibility index (Phi) is 8.72. The molecular weight excluding hydrogens is 689 g/mol. The monoisotopic (exact) mass is 746 g/mol. The molecule has 8 aliphatic rings. The Labute approximate surface area is 312 Å². The Morgan fingerprint density at radius 3 is 1.46 bits per heavy atom. The summed E-state index contributed by atoms with van der Waals surface area (Å²) >= 11 is 0. The van der Waals surface area contributed by atoms with Gasteiger partial charge in [0.05, 0.1) is 0 Å². The number of fused-ring (bicyclic) bond motifs is 6. The largest absolute Gasteiger partial charge is 0.379 e. The average Bonchev–Trinajstić information content (AvgIpc) is 3.97. The molecule has 0 spiro atoms. The zero-order valence-corrected chi connectivity index (χ0v) is 32.4. The summed E-state index contributed by atoms with van der Waals surface area (Å²) in [6.45, 7) is 0. The normalized spacial score (nSPS) is 36.1. The third-order valence-electron chi connectivity index (χ3n) is 16.2. The third kappa shape index (κ3) is 6.11. The van der Waals surface area contributed by atoms with Gasteiger partial charge in [0, 0.05) is 0 Å². The van der Waals surface area contributed by atoms with Gasteiger partial charge in [-0.2, -0.15) is 16.8 Å². The van der Waals surface area contributed by atoms with E-state index in [1.54, 1.807) is 12.1 Å². The molecule has 8 saturated carbocycles. The second-order valence-corrected chi connectivity index (χ2v) is 22.1. The molecule has 0 aliphatic heterocycles. The van der Waals surface area contributed by atoms with E-state index in [1.807, 2.05) is 0 Å². The standard InChI is InChI=1S/C44H58O6S2/c45-51(46,47)43-40(30-5-1-2-6-30)24-36(25-41(43)31-7-3-4-8-31)50-52(48,49)44-39(34-18-26-9-10-27(15-26)19-34)22-35(37-20-28-11-13-32(37)16-28)23-42(44)38-21-29-12-14-33(38)17-29/h22-34,37-38H,1-21H2,(H,45,46,47). The lowest BCUT2D eigenvalue weighted by Gasteiger charge is -2.34. The van der Waals surface area contributed by atoms with Gasteiger partial charge in [-0.15, -0.1) is 0 Å². The lowest BCUT2D eigenvalue weighted by atomic mass is 9.73. The molecule has 52 heavy (non-hydrogen) atoms. The summed E-state index contributed by atoms with van der Waals surface area (Å²) in [7, 11) is -8.81. The van der Waals surface area contributed by atoms with Gasteiger partial charge in [0.15, 0.2) is 0 Å². The zero-order valence-electron chi connectivity index (χ0n) is 30.8. The van der Waals surface area contributed by atoms with Crippen LogP contribution in [0.5, 0.6) is 5.75 Å². The van der Waals surface area contributed by atoms with Crippen molar-refractivity contribution in [3.8, 4) is 5.75 Å². The number of rotatable bonds is 9. The summed E-state index contributed by atoms with van der Waals surface area (Å²) in [4.78, 5) is 0.485. The fourth-order valence-electron chi connectivity index (χ4n) is 14.1. The molecule has 8 fully saturated rings. The smallest absolute Gasteiger partial charge is 0.339 e. The molecular formula is C44H58O6S2. The summed E-state index contributed by atoms with van der Waals surface area (Å²) in [6, 6.07) is 8.08. The maximum atomic E-state index is 15.3. The predicted octanol–water partition coefficient (Wildman–Crippen LogP) is 11.1. The van der Waals surface area contributed by atoms with Crippen LogP contribution in [-0.4, -0.2) is 21.4 Å². The van der Waals surface area contributed by atoms with Crippen molar-refractivity contribution >= 4 is 20.2 Å². The average molecular weight is 747 g/mol. The molecule has 8 unspecified atom stereocenters. The highest BCUT2D eigenvalue weighted by Gasteiger charge is 2.47. The van der Waals surface area contributed by atoms with Crippen molar-refractivity contribution < 1.29 is 25.6 Å². The van der Waals surface area contributed by atoms with Crippen LogP contribution in [0.1, 0.15) is 192 Å². The molecule has 2 aromatic carbocycles. The molecule has 10 rings (SSSR count). The van der Waals surface area contributed by atoms with Gasteiger partial charge in [0.2, 0.25) is 0 Å². The quantitative estimate of drug-likeness (QED) is 0.203. The van der Waals surface area contributed by atoms with Gasteiger partial charge in [-0.25, -0.2) is 0 Å². The minimum Gasteiger partial charge on any atom is -0.379 e. The minimum absolute atomic E-state index is 0.0207. The number of benzene rings is 2. The molecule has 2 aromatic rings.